The molecule has 3 atom stereocenters. The number of allylic oxidation sites excluding steroid dienone is 2. The summed E-state index contributed by atoms with van der Waals surface area (Å²) in [5, 5.41) is 11.8. The molecule has 0 aliphatic heterocycles. The Hall–Kier alpha value is -1.65. The highest BCUT2D eigenvalue weighted by molar-refractivity contribution is 5.87. The van der Waals surface area contributed by atoms with Gasteiger partial charge in [-0.3, -0.25) is 9.59 Å². The molecule has 1 amide bonds. The molecule has 23 heavy (non-hydrogen) atoms. The molecule has 0 aromatic carbocycles. The van der Waals surface area contributed by atoms with E-state index < -0.39 is 12.0 Å². The molecule has 2 N–H and O–H groups in total. The van der Waals surface area contributed by atoms with Gasteiger partial charge in [0.2, 0.25) is 5.91 Å². The van der Waals surface area contributed by atoms with Crippen molar-refractivity contribution in [3.8, 4) is 0 Å². The Morgan fingerprint density at radius 1 is 1.35 bits per heavy atom. The molecule has 0 saturated heterocycles. The van der Waals surface area contributed by atoms with E-state index in [0.29, 0.717) is 19.3 Å². The predicted molar refractivity (Wildman–Crippen MR) is 88.9 cm³/mol. The van der Waals surface area contributed by atoms with Crippen molar-refractivity contribution in [2.75, 3.05) is 0 Å². The highest BCUT2D eigenvalue weighted by Gasteiger charge is 2.35. The van der Waals surface area contributed by atoms with E-state index in [1.807, 2.05) is 32.9 Å². The molecule has 1 fully saturated rings. The van der Waals surface area contributed by atoms with Gasteiger partial charge in [0.15, 0.2) is 0 Å². The van der Waals surface area contributed by atoms with Gasteiger partial charge >= 0.3 is 5.97 Å². The summed E-state index contributed by atoms with van der Waals surface area (Å²) < 4.78 is 0. The Kier molecular flexibility index (Phi) is 8.00. The van der Waals surface area contributed by atoms with E-state index in [-0.39, 0.29) is 35.9 Å². The first-order valence-electron chi connectivity index (χ1n) is 8.55. The third-order valence-electron chi connectivity index (χ3n) is 4.32. The van der Waals surface area contributed by atoms with Crippen molar-refractivity contribution in [3.05, 3.63) is 12.2 Å². The average Bonchev–Trinajstić information content (AvgIpc) is 2.79. The minimum absolute atomic E-state index is 0.0255. The number of hydrogen-bond acceptors (Lipinski definition) is 3. The maximum atomic E-state index is 12.2. The summed E-state index contributed by atoms with van der Waals surface area (Å²) in [7, 11) is 0. The van der Waals surface area contributed by atoms with Gasteiger partial charge in [-0.15, -0.1) is 0 Å². The number of aliphatic carboxylic acids is 1. The molecule has 0 spiro atoms. The Morgan fingerprint density at radius 3 is 2.61 bits per heavy atom. The lowest BCUT2D eigenvalue weighted by Crippen LogP contribution is -2.42. The molecule has 0 bridgehead atoms. The van der Waals surface area contributed by atoms with Gasteiger partial charge in [0.05, 0.1) is 0 Å². The molecule has 1 aliphatic carbocycles. The lowest BCUT2D eigenvalue weighted by atomic mass is 9.89. The van der Waals surface area contributed by atoms with Crippen molar-refractivity contribution in [1.29, 1.82) is 0 Å². The second kappa shape index (κ2) is 9.48. The molecule has 0 unspecified atom stereocenters. The fourth-order valence-corrected chi connectivity index (χ4v) is 3.14. The van der Waals surface area contributed by atoms with Crippen LogP contribution in [0.5, 0.6) is 0 Å². The van der Waals surface area contributed by atoms with E-state index in [4.69, 9.17) is 0 Å². The largest absolute Gasteiger partial charge is 0.480 e. The monoisotopic (exact) mass is 323 g/mol. The number of carbonyl (C=O) groups excluding carboxylic acids is 2. The zero-order valence-electron chi connectivity index (χ0n) is 14.4. The summed E-state index contributed by atoms with van der Waals surface area (Å²) in [6.45, 7) is 5.89. The molecule has 0 aromatic rings. The SMILES string of the molecule is CC/C=C/C[C@H]1C(=O)CC[C@@H]1CC(=O)N[C@@H](CC(C)C)C(=O)O. The minimum atomic E-state index is -1.00. The van der Waals surface area contributed by atoms with Crippen molar-refractivity contribution in [2.24, 2.45) is 17.8 Å². The Balaban J connectivity index is 2.58. The number of nitrogens with one attached hydrogen (secondary N) is 1. The fourth-order valence-electron chi connectivity index (χ4n) is 3.14. The van der Waals surface area contributed by atoms with Crippen LogP contribution >= 0.6 is 0 Å². The lowest BCUT2D eigenvalue weighted by molar-refractivity contribution is -0.142. The number of Topliss-reactive ketones (excluding diaryl/α,β-unsaturated/α-hetero) is 1. The van der Waals surface area contributed by atoms with E-state index in [9.17, 15) is 19.5 Å². The van der Waals surface area contributed by atoms with Gasteiger partial charge in [0.1, 0.15) is 11.8 Å². The van der Waals surface area contributed by atoms with E-state index in [1.54, 1.807) is 0 Å². The van der Waals surface area contributed by atoms with Crippen LogP contribution in [0.2, 0.25) is 0 Å². The van der Waals surface area contributed by atoms with Gasteiger partial charge in [0.25, 0.3) is 0 Å². The molecule has 0 radical (unpaired) electrons. The van der Waals surface area contributed by atoms with E-state index in [0.717, 1.165) is 12.8 Å². The van der Waals surface area contributed by atoms with Crippen LogP contribution in [0.4, 0.5) is 0 Å². The molecule has 1 rings (SSSR count). The summed E-state index contributed by atoms with van der Waals surface area (Å²) >= 11 is 0. The highest BCUT2D eigenvalue weighted by atomic mass is 16.4. The summed E-state index contributed by atoms with van der Waals surface area (Å²) in [4.78, 5) is 35.4. The number of rotatable bonds is 9. The maximum Gasteiger partial charge on any atom is 0.326 e. The van der Waals surface area contributed by atoms with Crippen molar-refractivity contribution >= 4 is 17.7 Å². The summed E-state index contributed by atoms with van der Waals surface area (Å²) in [5.74, 6) is -0.925. The normalized spacial score (nSPS) is 22.7. The molecule has 0 aromatic heterocycles. The predicted octanol–water partition coefficient (Wildman–Crippen LogP) is 2.94. The molecular weight excluding hydrogens is 294 g/mol. The quantitative estimate of drug-likeness (QED) is 0.639. The summed E-state index contributed by atoms with van der Waals surface area (Å²) in [5.41, 5.74) is 0. The lowest BCUT2D eigenvalue weighted by Gasteiger charge is -2.20. The van der Waals surface area contributed by atoms with Crippen molar-refractivity contribution < 1.29 is 19.5 Å². The third kappa shape index (κ3) is 6.55. The third-order valence-corrected chi connectivity index (χ3v) is 4.32. The zero-order chi connectivity index (χ0) is 17.4. The van der Waals surface area contributed by atoms with Crippen LogP contribution in [0.1, 0.15) is 59.3 Å². The molecule has 130 valence electrons. The van der Waals surface area contributed by atoms with Crippen LogP contribution in [-0.4, -0.2) is 28.8 Å². The van der Waals surface area contributed by atoms with Crippen LogP contribution in [0.15, 0.2) is 12.2 Å². The van der Waals surface area contributed by atoms with Gasteiger partial charge < -0.3 is 10.4 Å². The topological polar surface area (TPSA) is 83.5 Å². The average molecular weight is 323 g/mol. The Bertz CT molecular complexity index is 456. The standard InChI is InChI=1S/C18H29NO4/c1-4-5-6-7-14-13(8-9-16(14)20)11-17(21)19-15(18(22)23)10-12(2)3/h5-6,12-15H,4,7-11H2,1-3H3,(H,19,21)(H,22,23)/b6-5+/t13-,14-,15+/m1/s1. The van der Waals surface area contributed by atoms with Gasteiger partial charge in [-0.05, 0) is 37.5 Å². The van der Waals surface area contributed by atoms with Crippen molar-refractivity contribution in [3.63, 3.8) is 0 Å². The minimum Gasteiger partial charge on any atom is -0.480 e. The van der Waals surface area contributed by atoms with E-state index in [2.05, 4.69) is 5.32 Å². The van der Waals surface area contributed by atoms with Gasteiger partial charge in [-0.1, -0.05) is 32.9 Å². The van der Waals surface area contributed by atoms with Crippen LogP contribution in [0.25, 0.3) is 0 Å². The Morgan fingerprint density at radius 2 is 2.04 bits per heavy atom. The summed E-state index contributed by atoms with van der Waals surface area (Å²) in [6.07, 6.45) is 7.55. The van der Waals surface area contributed by atoms with Crippen LogP contribution < -0.4 is 5.32 Å². The van der Waals surface area contributed by atoms with Gasteiger partial charge in [0, 0.05) is 18.8 Å². The first-order chi connectivity index (χ1) is 10.8. The molecular formula is C18H29NO4. The van der Waals surface area contributed by atoms with E-state index in [1.165, 1.54) is 0 Å². The van der Waals surface area contributed by atoms with Crippen LogP contribution in [0, 0.1) is 17.8 Å². The fraction of sp³-hybridized carbons (Fsp3) is 0.722. The second-order valence-electron chi connectivity index (χ2n) is 6.78. The summed E-state index contributed by atoms with van der Waals surface area (Å²) in [6, 6.07) is -0.849. The molecule has 1 saturated carbocycles. The Labute approximate surface area is 138 Å². The van der Waals surface area contributed by atoms with Crippen molar-refractivity contribution in [2.45, 2.75) is 65.3 Å². The van der Waals surface area contributed by atoms with Crippen LogP contribution in [-0.2, 0) is 14.4 Å². The second-order valence-corrected chi connectivity index (χ2v) is 6.78. The van der Waals surface area contributed by atoms with Gasteiger partial charge in [-0.25, -0.2) is 4.79 Å². The number of hydrogen-bond donors (Lipinski definition) is 2. The number of carboxylic acids is 1. The molecule has 1 aliphatic rings. The van der Waals surface area contributed by atoms with Gasteiger partial charge in [-0.2, -0.15) is 0 Å². The van der Waals surface area contributed by atoms with Crippen LogP contribution in [0.3, 0.4) is 0 Å². The zero-order valence-corrected chi connectivity index (χ0v) is 14.4. The van der Waals surface area contributed by atoms with E-state index >= 15 is 0 Å². The molecule has 5 nitrogen and oxygen atoms in total. The van der Waals surface area contributed by atoms with Crippen molar-refractivity contribution in [1.82, 2.24) is 5.32 Å². The molecule has 0 heterocycles. The number of carbonyl (C=O) groups is 3. The smallest absolute Gasteiger partial charge is 0.326 e. The number of amides is 1. The maximum absolute atomic E-state index is 12.2. The number of ketones is 1. The highest BCUT2D eigenvalue weighted by Crippen LogP contribution is 2.34. The number of carboxylic acid groups (broad SMARTS) is 1. The first kappa shape index (κ1) is 19.4. The molecule has 5 heteroatoms. The first-order valence-corrected chi connectivity index (χ1v) is 8.55.